The van der Waals surface area contributed by atoms with Crippen LogP contribution < -0.4 is 4.90 Å². The summed E-state index contributed by atoms with van der Waals surface area (Å²) >= 11 is 0. The van der Waals surface area contributed by atoms with Gasteiger partial charge in [0.15, 0.2) is 11.5 Å². The van der Waals surface area contributed by atoms with Crippen LogP contribution in [0, 0.1) is 6.92 Å². The van der Waals surface area contributed by atoms with Crippen molar-refractivity contribution in [1.82, 2.24) is 34.3 Å². The Bertz CT molecular complexity index is 902. The van der Waals surface area contributed by atoms with Crippen molar-refractivity contribution < 1.29 is 0 Å². The number of nitrogens with zero attached hydrogens (tertiary/aromatic N) is 8. The number of imidazole rings is 1. The van der Waals surface area contributed by atoms with Crippen LogP contribution in [-0.4, -0.2) is 60.4 Å². The molecular weight excluding hydrogens is 316 g/mol. The fourth-order valence-electron chi connectivity index (χ4n) is 3.48. The highest BCUT2D eigenvalue weighted by atomic mass is 15.4. The summed E-state index contributed by atoms with van der Waals surface area (Å²) in [5, 5.41) is 12.8. The number of likely N-dealkylation sites (N-methyl/N-ethyl adjacent to an activating group) is 1. The molecule has 8 nitrogen and oxygen atoms in total. The van der Waals surface area contributed by atoms with Crippen LogP contribution in [0.1, 0.15) is 30.5 Å². The van der Waals surface area contributed by atoms with Crippen molar-refractivity contribution in [2.24, 2.45) is 0 Å². The molecule has 0 radical (unpaired) electrons. The van der Waals surface area contributed by atoms with Gasteiger partial charge in [0.1, 0.15) is 11.6 Å². The maximum atomic E-state index is 4.65. The van der Waals surface area contributed by atoms with E-state index < -0.39 is 0 Å². The number of hydrogen-bond acceptors (Lipinski definition) is 6. The Labute approximate surface area is 146 Å². The molecule has 3 aromatic heterocycles. The van der Waals surface area contributed by atoms with Crippen LogP contribution in [-0.2, 0) is 6.54 Å². The third-order valence-electron chi connectivity index (χ3n) is 5.29. The van der Waals surface area contributed by atoms with Gasteiger partial charge >= 0.3 is 0 Å². The second-order valence-electron chi connectivity index (χ2n) is 7.16. The number of aromatic nitrogens is 6. The molecule has 1 saturated heterocycles. The van der Waals surface area contributed by atoms with Crippen LogP contribution in [0.2, 0.25) is 0 Å². The van der Waals surface area contributed by atoms with Crippen molar-refractivity contribution in [3.8, 4) is 0 Å². The van der Waals surface area contributed by atoms with E-state index in [2.05, 4.69) is 47.9 Å². The standard InChI is InChI=1S/C17H22N8/c1-12-19-20-15-5-6-16(21-25(12)15)23-9-14(10-23)22(2)11-17-18-7-8-24(17)13-3-4-13/h5-8,13-14H,3-4,9-11H2,1-2H3. The zero-order chi connectivity index (χ0) is 17.0. The highest BCUT2D eigenvalue weighted by molar-refractivity contribution is 5.47. The van der Waals surface area contributed by atoms with E-state index in [0.717, 1.165) is 36.9 Å². The molecule has 0 N–H and O–H groups in total. The van der Waals surface area contributed by atoms with Gasteiger partial charge in [0.25, 0.3) is 0 Å². The topological polar surface area (TPSA) is 67.4 Å². The Hall–Kier alpha value is -2.48. The van der Waals surface area contributed by atoms with Gasteiger partial charge in [0, 0.05) is 37.6 Å². The Kier molecular flexibility index (Phi) is 3.27. The smallest absolute Gasteiger partial charge is 0.178 e. The Balaban J connectivity index is 1.24. The zero-order valence-electron chi connectivity index (χ0n) is 14.6. The average molecular weight is 338 g/mol. The van der Waals surface area contributed by atoms with Crippen molar-refractivity contribution in [3.05, 3.63) is 36.2 Å². The summed E-state index contributed by atoms with van der Waals surface area (Å²) in [5.41, 5.74) is 0.794. The monoisotopic (exact) mass is 338 g/mol. The molecule has 0 atom stereocenters. The lowest BCUT2D eigenvalue weighted by Crippen LogP contribution is -2.58. The van der Waals surface area contributed by atoms with Gasteiger partial charge in [-0.3, -0.25) is 4.90 Å². The third kappa shape index (κ3) is 2.57. The second-order valence-corrected chi connectivity index (χ2v) is 7.16. The van der Waals surface area contributed by atoms with Crippen LogP contribution >= 0.6 is 0 Å². The first kappa shape index (κ1) is 14.8. The number of aryl methyl sites for hydroxylation is 1. The van der Waals surface area contributed by atoms with Gasteiger partial charge in [-0.05, 0) is 38.9 Å². The normalized spacial score (nSPS) is 18.3. The molecule has 2 fully saturated rings. The lowest BCUT2D eigenvalue weighted by atomic mass is 10.1. The first-order chi connectivity index (χ1) is 12.2. The van der Waals surface area contributed by atoms with E-state index >= 15 is 0 Å². The van der Waals surface area contributed by atoms with Gasteiger partial charge in [-0.25, -0.2) is 4.98 Å². The first-order valence-electron chi connectivity index (χ1n) is 8.85. The van der Waals surface area contributed by atoms with Crippen LogP contribution in [0.3, 0.4) is 0 Å². The average Bonchev–Trinajstić information content (AvgIpc) is 3.20. The van der Waals surface area contributed by atoms with Crippen molar-refractivity contribution >= 4 is 11.5 Å². The van der Waals surface area contributed by atoms with Crippen LogP contribution in [0.4, 0.5) is 5.82 Å². The van der Waals surface area contributed by atoms with Gasteiger partial charge in [0.05, 0.1) is 6.54 Å². The number of fused-ring (bicyclic) bond motifs is 1. The fourth-order valence-corrected chi connectivity index (χ4v) is 3.48. The Morgan fingerprint density at radius 1 is 1.20 bits per heavy atom. The predicted molar refractivity (Wildman–Crippen MR) is 93.5 cm³/mol. The lowest BCUT2D eigenvalue weighted by molar-refractivity contribution is 0.190. The highest BCUT2D eigenvalue weighted by Gasteiger charge is 2.32. The Morgan fingerprint density at radius 3 is 2.84 bits per heavy atom. The maximum absolute atomic E-state index is 4.65. The molecule has 4 heterocycles. The summed E-state index contributed by atoms with van der Waals surface area (Å²) < 4.78 is 4.15. The molecule has 2 aliphatic rings. The number of rotatable bonds is 5. The van der Waals surface area contributed by atoms with Gasteiger partial charge < -0.3 is 9.47 Å². The predicted octanol–water partition coefficient (Wildman–Crippen LogP) is 1.28. The summed E-state index contributed by atoms with van der Waals surface area (Å²) in [6.07, 6.45) is 6.63. The van der Waals surface area contributed by atoms with E-state index in [1.807, 2.05) is 25.3 Å². The van der Waals surface area contributed by atoms with Gasteiger partial charge in [0.2, 0.25) is 0 Å². The van der Waals surface area contributed by atoms with Crippen LogP contribution in [0.5, 0.6) is 0 Å². The van der Waals surface area contributed by atoms with Gasteiger partial charge in [-0.15, -0.1) is 15.3 Å². The van der Waals surface area contributed by atoms with Crippen LogP contribution in [0.25, 0.3) is 5.65 Å². The quantitative estimate of drug-likeness (QED) is 0.698. The SMILES string of the molecule is Cc1nnc2ccc(N3CC(N(C)Cc4nccn4C4CC4)C3)nn12. The molecule has 1 aliphatic heterocycles. The van der Waals surface area contributed by atoms with Crippen molar-refractivity contribution in [2.45, 2.75) is 38.4 Å². The summed E-state index contributed by atoms with van der Waals surface area (Å²) in [6, 6.07) is 5.22. The number of anilines is 1. The van der Waals surface area contributed by atoms with E-state index in [9.17, 15) is 0 Å². The maximum Gasteiger partial charge on any atom is 0.178 e. The highest BCUT2D eigenvalue weighted by Crippen LogP contribution is 2.35. The minimum atomic E-state index is 0.531. The van der Waals surface area contributed by atoms with Crippen LogP contribution in [0.15, 0.2) is 24.5 Å². The second kappa shape index (κ2) is 5.52. The molecule has 1 saturated carbocycles. The zero-order valence-corrected chi connectivity index (χ0v) is 14.6. The summed E-state index contributed by atoms with van der Waals surface area (Å²) in [6.45, 7) is 4.80. The minimum Gasteiger partial charge on any atom is -0.352 e. The molecule has 0 unspecified atom stereocenters. The molecule has 5 rings (SSSR count). The van der Waals surface area contributed by atoms with Crippen molar-refractivity contribution in [2.75, 3.05) is 25.0 Å². The van der Waals surface area contributed by atoms with Gasteiger partial charge in [-0.2, -0.15) is 4.52 Å². The molecule has 25 heavy (non-hydrogen) atoms. The molecule has 0 aromatic carbocycles. The molecule has 0 spiro atoms. The summed E-state index contributed by atoms with van der Waals surface area (Å²) in [5.74, 6) is 2.99. The molecule has 130 valence electrons. The first-order valence-corrected chi connectivity index (χ1v) is 8.85. The fraction of sp³-hybridized carbons (Fsp3) is 0.529. The summed E-state index contributed by atoms with van der Waals surface area (Å²) in [7, 11) is 2.19. The number of hydrogen-bond donors (Lipinski definition) is 0. The molecule has 0 bridgehead atoms. The molecule has 0 amide bonds. The Morgan fingerprint density at radius 2 is 2.04 bits per heavy atom. The lowest BCUT2D eigenvalue weighted by Gasteiger charge is -2.44. The van der Waals surface area contributed by atoms with E-state index in [0.29, 0.717) is 12.1 Å². The van der Waals surface area contributed by atoms with Crippen molar-refractivity contribution in [1.29, 1.82) is 0 Å². The molecular formula is C17H22N8. The van der Waals surface area contributed by atoms with Crippen molar-refractivity contribution in [3.63, 3.8) is 0 Å². The van der Waals surface area contributed by atoms with E-state index in [4.69, 9.17) is 0 Å². The molecule has 1 aliphatic carbocycles. The van der Waals surface area contributed by atoms with E-state index in [1.54, 1.807) is 4.52 Å². The van der Waals surface area contributed by atoms with Gasteiger partial charge in [-0.1, -0.05) is 0 Å². The molecule has 8 heteroatoms. The summed E-state index contributed by atoms with van der Waals surface area (Å²) in [4.78, 5) is 9.25. The minimum absolute atomic E-state index is 0.531. The van der Waals surface area contributed by atoms with E-state index in [1.165, 1.54) is 18.7 Å². The third-order valence-corrected chi connectivity index (χ3v) is 5.29. The largest absolute Gasteiger partial charge is 0.352 e. The molecule has 3 aromatic rings. The van der Waals surface area contributed by atoms with E-state index in [-0.39, 0.29) is 0 Å².